The molecule has 2 aromatic rings. The third kappa shape index (κ3) is 2.31. The SMILES string of the molecule is COc1nccnc1C(O)c1cc(C)ccc1F. The van der Waals surface area contributed by atoms with Gasteiger partial charge in [-0.2, -0.15) is 0 Å². The molecule has 94 valence electrons. The summed E-state index contributed by atoms with van der Waals surface area (Å²) >= 11 is 0. The fraction of sp³-hybridized carbons (Fsp3) is 0.231. The predicted molar refractivity (Wildman–Crippen MR) is 63.8 cm³/mol. The molecule has 1 N–H and O–H groups in total. The second-order valence-corrected chi connectivity index (χ2v) is 3.88. The highest BCUT2D eigenvalue weighted by Gasteiger charge is 2.21. The Kier molecular flexibility index (Phi) is 3.53. The molecule has 0 amide bonds. The maximum Gasteiger partial charge on any atom is 0.238 e. The summed E-state index contributed by atoms with van der Waals surface area (Å²) in [6, 6.07) is 4.53. The van der Waals surface area contributed by atoms with E-state index < -0.39 is 11.9 Å². The van der Waals surface area contributed by atoms with Gasteiger partial charge in [-0.3, -0.25) is 4.98 Å². The van der Waals surface area contributed by atoms with Gasteiger partial charge in [0.05, 0.1) is 7.11 Å². The van der Waals surface area contributed by atoms with E-state index in [2.05, 4.69) is 9.97 Å². The lowest BCUT2D eigenvalue weighted by Crippen LogP contribution is -2.08. The van der Waals surface area contributed by atoms with Gasteiger partial charge in [-0.1, -0.05) is 17.7 Å². The number of hydrogen-bond acceptors (Lipinski definition) is 4. The summed E-state index contributed by atoms with van der Waals surface area (Å²) in [4.78, 5) is 7.92. The van der Waals surface area contributed by atoms with Crippen molar-refractivity contribution in [3.63, 3.8) is 0 Å². The normalized spacial score (nSPS) is 12.2. The number of methoxy groups -OCH3 is 1. The van der Waals surface area contributed by atoms with Gasteiger partial charge in [-0.15, -0.1) is 0 Å². The Labute approximate surface area is 104 Å². The van der Waals surface area contributed by atoms with Crippen LogP contribution in [0.25, 0.3) is 0 Å². The largest absolute Gasteiger partial charge is 0.480 e. The van der Waals surface area contributed by atoms with Crippen LogP contribution in [0, 0.1) is 12.7 Å². The second-order valence-electron chi connectivity index (χ2n) is 3.88. The minimum Gasteiger partial charge on any atom is -0.480 e. The molecular weight excluding hydrogens is 235 g/mol. The Morgan fingerprint density at radius 3 is 2.72 bits per heavy atom. The van der Waals surface area contributed by atoms with Gasteiger partial charge >= 0.3 is 0 Å². The van der Waals surface area contributed by atoms with Crippen molar-refractivity contribution in [2.75, 3.05) is 7.11 Å². The monoisotopic (exact) mass is 248 g/mol. The van der Waals surface area contributed by atoms with Gasteiger partial charge in [-0.05, 0) is 13.0 Å². The van der Waals surface area contributed by atoms with Crippen molar-refractivity contribution in [1.82, 2.24) is 9.97 Å². The van der Waals surface area contributed by atoms with Crippen molar-refractivity contribution in [2.24, 2.45) is 0 Å². The minimum absolute atomic E-state index is 0.161. The van der Waals surface area contributed by atoms with Crippen molar-refractivity contribution in [3.8, 4) is 5.88 Å². The molecule has 0 bridgehead atoms. The minimum atomic E-state index is -1.20. The van der Waals surface area contributed by atoms with Gasteiger partial charge in [0.25, 0.3) is 0 Å². The average Bonchev–Trinajstić information content (AvgIpc) is 2.40. The van der Waals surface area contributed by atoms with E-state index in [0.717, 1.165) is 5.56 Å². The summed E-state index contributed by atoms with van der Waals surface area (Å²) in [5.41, 5.74) is 1.21. The molecule has 1 atom stereocenters. The summed E-state index contributed by atoms with van der Waals surface area (Å²) in [6.07, 6.45) is 1.67. The van der Waals surface area contributed by atoms with E-state index in [1.165, 1.54) is 25.6 Å². The van der Waals surface area contributed by atoms with E-state index in [-0.39, 0.29) is 17.1 Å². The molecule has 1 aromatic heterocycles. The highest BCUT2D eigenvalue weighted by molar-refractivity contribution is 5.34. The maximum atomic E-state index is 13.7. The molecule has 1 aromatic carbocycles. The zero-order valence-corrected chi connectivity index (χ0v) is 10.1. The highest BCUT2D eigenvalue weighted by Crippen LogP contribution is 2.28. The third-order valence-electron chi connectivity index (χ3n) is 2.59. The molecule has 4 nitrogen and oxygen atoms in total. The zero-order valence-electron chi connectivity index (χ0n) is 10.1. The molecule has 0 radical (unpaired) electrons. The van der Waals surface area contributed by atoms with E-state index in [9.17, 15) is 9.50 Å². The van der Waals surface area contributed by atoms with Crippen molar-refractivity contribution in [3.05, 3.63) is 53.2 Å². The van der Waals surface area contributed by atoms with Gasteiger partial charge in [0.1, 0.15) is 17.6 Å². The first-order valence-corrected chi connectivity index (χ1v) is 5.42. The van der Waals surface area contributed by atoms with E-state index in [4.69, 9.17) is 4.74 Å². The summed E-state index contributed by atoms with van der Waals surface area (Å²) in [5, 5.41) is 10.2. The van der Waals surface area contributed by atoms with E-state index in [1.54, 1.807) is 12.1 Å². The number of nitrogens with zero attached hydrogens (tertiary/aromatic N) is 2. The van der Waals surface area contributed by atoms with Crippen molar-refractivity contribution >= 4 is 0 Å². The molecule has 0 spiro atoms. The molecule has 0 aliphatic rings. The predicted octanol–water partition coefficient (Wildman–Crippen LogP) is 2.01. The zero-order chi connectivity index (χ0) is 13.1. The highest BCUT2D eigenvalue weighted by atomic mass is 19.1. The fourth-order valence-electron chi connectivity index (χ4n) is 1.70. The Morgan fingerprint density at radius 1 is 1.28 bits per heavy atom. The molecule has 0 saturated heterocycles. The first-order chi connectivity index (χ1) is 8.63. The molecule has 0 fully saturated rings. The van der Waals surface area contributed by atoms with Crippen LogP contribution < -0.4 is 4.74 Å². The van der Waals surface area contributed by atoms with Gasteiger partial charge < -0.3 is 9.84 Å². The fourth-order valence-corrected chi connectivity index (χ4v) is 1.70. The number of aromatic nitrogens is 2. The molecule has 5 heteroatoms. The first kappa shape index (κ1) is 12.4. The number of halogens is 1. The van der Waals surface area contributed by atoms with Crippen LogP contribution in [-0.2, 0) is 0 Å². The molecule has 0 saturated carbocycles. The topological polar surface area (TPSA) is 55.2 Å². The van der Waals surface area contributed by atoms with Crippen LogP contribution in [0.2, 0.25) is 0 Å². The standard InChI is InChI=1S/C13H13FN2O2/c1-8-3-4-10(14)9(7-8)12(17)11-13(18-2)16-6-5-15-11/h3-7,12,17H,1-2H3. The molecule has 1 heterocycles. The van der Waals surface area contributed by atoms with Gasteiger partial charge in [0.2, 0.25) is 5.88 Å². The lowest BCUT2D eigenvalue weighted by Gasteiger charge is -2.14. The summed E-state index contributed by atoms with van der Waals surface area (Å²) in [6.45, 7) is 1.82. The molecule has 1 unspecified atom stereocenters. The molecule has 0 aliphatic heterocycles. The third-order valence-corrected chi connectivity index (χ3v) is 2.59. The van der Waals surface area contributed by atoms with Crippen LogP contribution in [-0.4, -0.2) is 22.2 Å². The van der Waals surface area contributed by atoms with E-state index >= 15 is 0 Å². The van der Waals surface area contributed by atoms with Crippen LogP contribution in [0.3, 0.4) is 0 Å². The number of benzene rings is 1. The molecule has 2 rings (SSSR count). The van der Waals surface area contributed by atoms with Crippen molar-refractivity contribution in [2.45, 2.75) is 13.0 Å². The van der Waals surface area contributed by atoms with Crippen LogP contribution in [0.4, 0.5) is 4.39 Å². The van der Waals surface area contributed by atoms with Crippen LogP contribution in [0.15, 0.2) is 30.6 Å². The Hall–Kier alpha value is -2.01. The lowest BCUT2D eigenvalue weighted by atomic mass is 10.0. The number of aliphatic hydroxyl groups excluding tert-OH is 1. The van der Waals surface area contributed by atoms with Gasteiger partial charge in [0.15, 0.2) is 0 Å². The van der Waals surface area contributed by atoms with E-state index in [1.807, 2.05) is 6.92 Å². The van der Waals surface area contributed by atoms with Gasteiger partial charge in [-0.25, -0.2) is 9.37 Å². The number of hydrogen-bond donors (Lipinski definition) is 1. The summed E-state index contributed by atoms with van der Waals surface area (Å²) in [5.74, 6) is -0.299. The lowest BCUT2D eigenvalue weighted by molar-refractivity contribution is 0.202. The Bertz CT molecular complexity index is 560. The number of ether oxygens (including phenoxy) is 1. The summed E-state index contributed by atoms with van der Waals surface area (Å²) < 4.78 is 18.7. The number of aryl methyl sites for hydroxylation is 1. The Balaban J connectivity index is 2.47. The second kappa shape index (κ2) is 5.10. The maximum absolute atomic E-state index is 13.7. The van der Waals surface area contributed by atoms with Gasteiger partial charge in [0, 0.05) is 18.0 Å². The van der Waals surface area contributed by atoms with Crippen molar-refractivity contribution in [1.29, 1.82) is 0 Å². The first-order valence-electron chi connectivity index (χ1n) is 5.42. The molecular formula is C13H13FN2O2. The Morgan fingerprint density at radius 2 is 2.00 bits per heavy atom. The van der Waals surface area contributed by atoms with Crippen molar-refractivity contribution < 1.29 is 14.2 Å². The smallest absolute Gasteiger partial charge is 0.238 e. The summed E-state index contributed by atoms with van der Waals surface area (Å²) in [7, 11) is 1.42. The number of aliphatic hydroxyl groups is 1. The van der Waals surface area contributed by atoms with Crippen LogP contribution >= 0.6 is 0 Å². The van der Waals surface area contributed by atoms with Crippen LogP contribution in [0.1, 0.15) is 22.9 Å². The number of rotatable bonds is 3. The van der Waals surface area contributed by atoms with Crippen LogP contribution in [0.5, 0.6) is 5.88 Å². The van der Waals surface area contributed by atoms with E-state index in [0.29, 0.717) is 0 Å². The quantitative estimate of drug-likeness (QED) is 0.902. The molecule has 0 aliphatic carbocycles. The average molecular weight is 248 g/mol. The molecule has 18 heavy (non-hydrogen) atoms.